The van der Waals surface area contributed by atoms with Crippen LogP contribution in [0.2, 0.25) is 0 Å². The first-order valence-corrected chi connectivity index (χ1v) is 5.89. The Morgan fingerprint density at radius 1 is 1.53 bits per heavy atom. The zero-order valence-corrected chi connectivity index (χ0v) is 10.5. The summed E-state index contributed by atoms with van der Waals surface area (Å²) < 4.78 is 4.91. The number of aromatic nitrogens is 1. The van der Waals surface area contributed by atoms with Crippen LogP contribution < -0.4 is 10.1 Å². The smallest absolute Gasteiger partial charge is 0.321 e. The molecule has 19 heavy (non-hydrogen) atoms. The van der Waals surface area contributed by atoms with E-state index in [0.717, 1.165) is 0 Å². The molecule has 1 aromatic rings. The first-order valence-electron chi connectivity index (χ1n) is 5.89. The fraction of sp³-hybridized carbons (Fsp3) is 0.417. The summed E-state index contributed by atoms with van der Waals surface area (Å²) in [7, 11) is 1.51. The van der Waals surface area contributed by atoms with Gasteiger partial charge < -0.3 is 20.1 Å². The average molecular weight is 265 g/mol. The number of anilines is 1. The number of carboxylic acids is 1. The van der Waals surface area contributed by atoms with Gasteiger partial charge >= 0.3 is 12.0 Å². The molecule has 0 aliphatic carbocycles. The number of pyridine rings is 1. The number of likely N-dealkylation sites (tertiary alicyclic amines) is 1. The van der Waals surface area contributed by atoms with Gasteiger partial charge in [0, 0.05) is 19.2 Å². The Hall–Kier alpha value is -2.31. The van der Waals surface area contributed by atoms with Crippen LogP contribution >= 0.6 is 0 Å². The molecule has 0 saturated carbocycles. The van der Waals surface area contributed by atoms with E-state index in [2.05, 4.69) is 10.3 Å². The molecule has 0 bridgehead atoms. The number of hydrogen-bond acceptors (Lipinski definition) is 4. The number of carbonyl (C=O) groups excluding carboxylic acids is 1. The summed E-state index contributed by atoms with van der Waals surface area (Å²) in [5.74, 6) is -0.869. The summed E-state index contributed by atoms with van der Waals surface area (Å²) in [6, 6.07) is 3.00. The van der Waals surface area contributed by atoms with Crippen molar-refractivity contribution < 1.29 is 19.4 Å². The molecule has 1 fully saturated rings. The van der Waals surface area contributed by atoms with E-state index >= 15 is 0 Å². The van der Waals surface area contributed by atoms with Gasteiger partial charge in [-0.15, -0.1) is 0 Å². The summed E-state index contributed by atoms with van der Waals surface area (Å²) >= 11 is 0. The lowest BCUT2D eigenvalue weighted by molar-refractivity contribution is -0.141. The van der Waals surface area contributed by atoms with Crippen molar-refractivity contribution in [3.8, 4) is 5.88 Å². The highest BCUT2D eigenvalue weighted by Crippen LogP contribution is 2.18. The van der Waals surface area contributed by atoms with E-state index in [9.17, 15) is 9.59 Å². The topological polar surface area (TPSA) is 91.8 Å². The molecule has 2 heterocycles. The van der Waals surface area contributed by atoms with Crippen molar-refractivity contribution in [1.82, 2.24) is 9.88 Å². The Bertz CT molecular complexity index is 474. The molecule has 0 radical (unpaired) electrons. The molecule has 102 valence electrons. The van der Waals surface area contributed by atoms with Gasteiger partial charge in [0.1, 0.15) is 0 Å². The number of ether oxygens (including phenoxy) is 1. The number of aliphatic carboxylic acids is 1. The largest absolute Gasteiger partial charge is 0.481 e. The Morgan fingerprint density at radius 2 is 2.32 bits per heavy atom. The van der Waals surface area contributed by atoms with Gasteiger partial charge in [0.15, 0.2) is 0 Å². The molecule has 2 amide bonds. The van der Waals surface area contributed by atoms with Crippen molar-refractivity contribution >= 4 is 17.7 Å². The lowest BCUT2D eigenvalue weighted by Gasteiger charge is -2.16. The van der Waals surface area contributed by atoms with Crippen LogP contribution in [-0.2, 0) is 4.79 Å². The maximum absolute atomic E-state index is 11.9. The van der Waals surface area contributed by atoms with E-state index in [1.165, 1.54) is 18.2 Å². The zero-order valence-electron chi connectivity index (χ0n) is 10.5. The van der Waals surface area contributed by atoms with Gasteiger partial charge in [0.2, 0.25) is 5.88 Å². The molecule has 7 nitrogen and oxygen atoms in total. The Kier molecular flexibility index (Phi) is 3.84. The molecule has 1 atom stereocenters. The molecular weight excluding hydrogens is 250 g/mol. The normalized spacial score (nSPS) is 18.2. The summed E-state index contributed by atoms with van der Waals surface area (Å²) in [6.07, 6.45) is 1.98. The number of amides is 2. The van der Waals surface area contributed by atoms with Gasteiger partial charge in [0.25, 0.3) is 0 Å². The first-order chi connectivity index (χ1) is 9.10. The minimum atomic E-state index is -0.860. The summed E-state index contributed by atoms with van der Waals surface area (Å²) in [5, 5.41) is 11.5. The van der Waals surface area contributed by atoms with Crippen LogP contribution in [-0.4, -0.2) is 47.2 Å². The number of carbonyl (C=O) groups is 2. The Morgan fingerprint density at radius 3 is 2.84 bits per heavy atom. The SMILES string of the molecule is COc1ccc(NC(=O)N2CCC(C(=O)O)C2)cn1. The monoisotopic (exact) mass is 265 g/mol. The predicted molar refractivity (Wildman–Crippen MR) is 67.1 cm³/mol. The highest BCUT2D eigenvalue weighted by molar-refractivity contribution is 5.89. The molecule has 7 heteroatoms. The van der Waals surface area contributed by atoms with Crippen molar-refractivity contribution in [3.63, 3.8) is 0 Å². The number of nitrogens with one attached hydrogen (secondary N) is 1. The molecule has 1 saturated heterocycles. The second kappa shape index (κ2) is 5.55. The summed E-state index contributed by atoms with van der Waals surface area (Å²) in [6.45, 7) is 0.692. The molecule has 2 rings (SSSR count). The van der Waals surface area contributed by atoms with Crippen molar-refractivity contribution in [1.29, 1.82) is 0 Å². The van der Waals surface area contributed by atoms with E-state index < -0.39 is 11.9 Å². The highest BCUT2D eigenvalue weighted by Gasteiger charge is 2.30. The molecule has 1 unspecified atom stereocenters. The van der Waals surface area contributed by atoms with E-state index in [0.29, 0.717) is 24.5 Å². The van der Waals surface area contributed by atoms with Crippen LogP contribution in [0, 0.1) is 5.92 Å². The second-order valence-electron chi connectivity index (χ2n) is 4.29. The molecular formula is C12H15N3O4. The molecule has 2 N–H and O–H groups in total. The van der Waals surface area contributed by atoms with Crippen molar-refractivity contribution in [2.45, 2.75) is 6.42 Å². The van der Waals surface area contributed by atoms with E-state index in [-0.39, 0.29) is 12.6 Å². The van der Waals surface area contributed by atoms with Crippen LogP contribution in [0.25, 0.3) is 0 Å². The average Bonchev–Trinajstić information content (AvgIpc) is 2.89. The van der Waals surface area contributed by atoms with E-state index in [1.54, 1.807) is 12.1 Å². The second-order valence-corrected chi connectivity index (χ2v) is 4.29. The fourth-order valence-electron chi connectivity index (χ4n) is 1.92. The predicted octanol–water partition coefficient (Wildman–Crippen LogP) is 1.03. The molecule has 1 aromatic heterocycles. The van der Waals surface area contributed by atoms with Crippen LogP contribution in [0.1, 0.15) is 6.42 Å². The van der Waals surface area contributed by atoms with E-state index in [1.807, 2.05) is 0 Å². The number of carboxylic acid groups (broad SMARTS) is 1. The number of nitrogens with zero attached hydrogens (tertiary/aromatic N) is 2. The zero-order chi connectivity index (χ0) is 13.8. The van der Waals surface area contributed by atoms with Crippen molar-refractivity contribution in [2.24, 2.45) is 5.92 Å². The van der Waals surface area contributed by atoms with Crippen molar-refractivity contribution in [3.05, 3.63) is 18.3 Å². The van der Waals surface area contributed by atoms with Crippen LogP contribution in [0.15, 0.2) is 18.3 Å². The maximum atomic E-state index is 11.9. The minimum absolute atomic E-state index is 0.241. The van der Waals surface area contributed by atoms with Gasteiger partial charge in [-0.05, 0) is 12.5 Å². The molecule has 0 spiro atoms. The standard InChI is InChI=1S/C12H15N3O4/c1-19-10-3-2-9(6-13-10)14-12(18)15-5-4-8(7-15)11(16)17/h2-3,6,8H,4-5,7H2,1H3,(H,14,18)(H,16,17). The molecule has 1 aliphatic heterocycles. The quantitative estimate of drug-likeness (QED) is 0.851. The summed E-state index contributed by atoms with van der Waals surface area (Å²) in [4.78, 5) is 28.2. The fourth-order valence-corrected chi connectivity index (χ4v) is 1.92. The maximum Gasteiger partial charge on any atom is 0.321 e. The lowest BCUT2D eigenvalue weighted by atomic mass is 10.1. The highest BCUT2D eigenvalue weighted by atomic mass is 16.5. The van der Waals surface area contributed by atoms with Crippen molar-refractivity contribution in [2.75, 3.05) is 25.5 Å². The third-order valence-corrected chi connectivity index (χ3v) is 3.02. The number of rotatable bonds is 3. The molecule has 0 aromatic carbocycles. The van der Waals surface area contributed by atoms with Crippen LogP contribution in [0.4, 0.5) is 10.5 Å². The minimum Gasteiger partial charge on any atom is -0.481 e. The van der Waals surface area contributed by atoms with Gasteiger partial charge in [-0.3, -0.25) is 4.79 Å². The van der Waals surface area contributed by atoms with Gasteiger partial charge in [0.05, 0.1) is 24.9 Å². The lowest BCUT2D eigenvalue weighted by Crippen LogP contribution is -2.33. The Labute approximate surface area is 110 Å². The Balaban J connectivity index is 1.92. The number of urea groups is 1. The third kappa shape index (κ3) is 3.12. The van der Waals surface area contributed by atoms with Crippen LogP contribution in [0.3, 0.4) is 0 Å². The third-order valence-electron chi connectivity index (χ3n) is 3.02. The van der Waals surface area contributed by atoms with E-state index in [4.69, 9.17) is 9.84 Å². The summed E-state index contributed by atoms with van der Waals surface area (Å²) in [5.41, 5.74) is 0.546. The van der Waals surface area contributed by atoms with Gasteiger partial charge in [-0.2, -0.15) is 0 Å². The number of hydrogen-bond donors (Lipinski definition) is 2. The molecule has 1 aliphatic rings. The number of methoxy groups -OCH3 is 1. The van der Waals surface area contributed by atoms with Gasteiger partial charge in [-0.1, -0.05) is 0 Å². The van der Waals surface area contributed by atoms with Crippen LogP contribution in [0.5, 0.6) is 5.88 Å². The first kappa shape index (κ1) is 13.1. The van der Waals surface area contributed by atoms with Gasteiger partial charge in [-0.25, -0.2) is 9.78 Å².